The number of allylic oxidation sites excluding steroid dienone is 2. The maximum atomic E-state index is 14.7. The number of nitrogens with two attached hydrogens (primary N) is 1. The predicted octanol–water partition coefficient (Wildman–Crippen LogP) is 5.63. The third-order valence-electron chi connectivity index (χ3n) is 7.48. The van der Waals surface area contributed by atoms with Gasteiger partial charge in [-0.3, -0.25) is 19.5 Å². The Bertz CT molecular complexity index is 1550. The molecule has 0 spiro atoms. The molecule has 1 aliphatic heterocycles. The monoisotopic (exact) mass is 591 g/mol. The number of Topliss-reactive ketones (excluding diaryl/α,β-unsaturated/α-hetero) is 1. The summed E-state index contributed by atoms with van der Waals surface area (Å²) in [6.07, 6.45) is 3.50. The largest absolute Gasteiger partial charge is 0.465 e. The molecule has 0 bridgehead atoms. The zero-order valence-electron chi connectivity index (χ0n) is 22.9. The van der Waals surface area contributed by atoms with Crippen LogP contribution in [0.15, 0.2) is 82.9 Å². The Morgan fingerprint density at radius 3 is 2.56 bits per heavy atom. The number of anilines is 1. The lowest BCUT2D eigenvalue weighted by atomic mass is 9.68. The highest BCUT2D eigenvalue weighted by Crippen LogP contribution is 2.52. The van der Waals surface area contributed by atoms with Crippen molar-refractivity contribution in [3.05, 3.63) is 104 Å². The molecular formula is C31H30ClN3O5S. The zero-order chi connectivity index (χ0) is 29.3. The second-order valence-corrected chi connectivity index (χ2v) is 11.1. The molecule has 3 heterocycles. The van der Waals surface area contributed by atoms with Gasteiger partial charge in [-0.1, -0.05) is 29.8 Å². The van der Waals surface area contributed by atoms with Crippen molar-refractivity contribution in [1.82, 2.24) is 4.98 Å². The van der Waals surface area contributed by atoms with E-state index in [-0.39, 0.29) is 24.6 Å². The number of halogens is 1. The van der Waals surface area contributed by atoms with Crippen LogP contribution in [0.4, 0.5) is 5.69 Å². The number of nitrogens with zero attached hydrogens (tertiary/aromatic N) is 2. The second kappa shape index (κ2) is 11.9. The Kier molecular flexibility index (Phi) is 8.28. The fourth-order valence-corrected chi connectivity index (χ4v) is 6.74. The minimum absolute atomic E-state index is 0.100. The molecule has 1 aromatic carbocycles. The molecule has 10 heteroatoms. The minimum Gasteiger partial charge on any atom is -0.465 e. The predicted molar refractivity (Wildman–Crippen MR) is 157 cm³/mol. The highest BCUT2D eigenvalue weighted by atomic mass is 35.5. The van der Waals surface area contributed by atoms with Crippen LogP contribution in [0.3, 0.4) is 0 Å². The fraction of sp³-hybridized carbons (Fsp3) is 0.290. The molecule has 3 aromatic rings. The Morgan fingerprint density at radius 2 is 1.90 bits per heavy atom. The fourth-order valence-electron chi connectivity index (χ4n) is 5.70. The smallest absolute Gasteiger partial charge is 0.338 e. The average Bonchev–Trinajstić information content (AvgIpc) is 3.50. The number of aromatic nitrogens is 1. The van der Waals surface area contributed by atoms with Gasteiger partial charge in [-0.15, -0.1) is 11.3 Å². The van der Waals surface area contributed by atoms with Crippen molar-refractivity contribution in [2.75, 3.05) is 18.1 Å². The van der Waals surface area contributed by atoms with Crippen molar-refractivity contribution in [1.29, 1.82) is 0 Å². The van der Waals surface area contributed by atoms with E-state index in [2.05, 4.69) is 4.98 Å². The van der Waals surface area contributed by atoms with Gasteiger partial charge in [-0.05, 0) is 68.0 Å². The number of ether oxygens (including phenoxy) is 2. The van der Waals surface area contributed by atoms with E-state index in [0.717, 1.165) is 10.4 Å². The molecule has 5 rings (SSSR count). The van der Waals surface area contributed by atoms with Crippen LogP contribution >= 0.6 is 22.9 Å². The maximum absolute atomic E-state index is 14.7. The van der Waals surface area contributed by atoms with Gasteiger partial charge in [0.1, 0.15) is 11.7 Å². The Balaban J connectivity index is 1.84. The van der Waals surface area contributed by atoms with Crippen LogP contribution in [-0.4, -0.2) is 35.9 Å². The van der Waals surface area contributed by atoms with Gasteiger partial charge < -0.3 is 15.2 Å². The number of esters is 2. The number of carbonyl (C=O) groups is 3. The molecule has 212 valence electrons. The molecule has 0 unspecified atom stereocenters. The summed E-state index contributed by atoms with van der Waals surface area (Å²) in [6.45, 7) is 5.50. The van der Waals surface area contributed by atoms with Crippen molar-refractivity contribution in [2.24, 2.45) is 11.7 Å². The van der Waals surface area contributed by atoms with E-state index in [1.54, 1.807) is 55.4 Å². The molecule has 1 aliphatic carbocycles. The molecule has 0 amide bonds. The van der Waals surface area contributed by atoms with Gasteiger partial charge in [0.25, 0.3) is 0 Å². The second-order valence-electron chi connectivity index (χ2n) is 9.74. The molecular weight excluding hydrogens is 562 g/mol. The van der Waals surface area contributed by atoms with Crippen LogP contribution in [0.5, 0.6) is 0 Å². The standard InChI is InChI=1S/C31H30ClN3O5S/c1-4-39-30(37)25-19(23-12-8-14-41-23)15-22-26(28(25)36)24(18-9-7-13-34-16-18)27(31(38)40-5-2)29(33)35(22)21-11-6-10-20(32)17(21)3/h6-14,16,19,24-25H,4-5,15,33H2,1-3H3/t19-,24-,25-/m0/s1. The lowest BCUT2D eigenvalue weighted by Gasteiger charge is -2.44. The zero-order valence-corrected chi connectivity index (χ0v) is 24.5. The molecule has 0 saturated heterocycles. The minimum atomic E-state index is -1.10. The maximum Gasteiger partial charge on any atom is 0.338 e. The summed E-state index contributed by atoms with van der Waals surface area (Å²) in [5.41, 5.74) is 9.82. The van der Waals surface area contributed by atoms with Crippen LogP contribution in [0.25, 0.3) is 0 Å². The third-order valence-corrected chi connectivity index (χ3v) is 8.89. The average molecular weight is 592 g/mol. The van der Waals surface area contributed by atoms with Crippen LogP contribution in [-0.2, 0) is 23.9 Å². The lowest BCUT2D eigenvalue weighted by Crippen LogP contribution is -2.46. The summed E-state index contributed by atoms with van der Waals surface area (Å²) in [7, 11) is 0. The van der Waals surface area contributed by atoms with E-state index in [4.69, 9.17) is 26.8 Å². The summed E-state index contributed by atoms with van der Waals surface area (Å²) in [5, 5.41) is 2.42. The first kappa shape index (κ1) is 28.6. The van der Waals surface area contributed by atoms with E-state index in [0.29, 0.717) is 34.0 Å². The Morgan fingerprint density at radius 1 is 1.12 bits per heavy atom. The van der Waals surface area contributed by atoms with Gasteiger partial charge >= 0.3 is 11.9 Å². The van der Waals surface area contributed by atoms with Crippen molar-refractivity contribution >= 4 is 46.3 Å². The van der Waals surface area contributed by atoms with Gasteiger partial charge in [0.2, 0.25) is 0 Å². The molecule has 2 N–H and O–H groups in total. The first-order valence-electron chi connectivity index (χ1n) is 13.4. The number of carbonyl (C=O) groups excluding carboxylic acids is 3. The van der Waals surface area contributed by atoms with Crippen molar-refractivity contribution in [3.63, 3.8) is 0 Å². The van der Waals surface area contributed by atoms with E-state index in [9.17, 15) is 14.4 Å². The number of benzene rings is 1. The van der Waals surface area contributed by atoms with Gasteiger partial charge in [0, 0.05) is 39.5 Å². The van der Waals surface area contributed by atoms with Gasteiger partial charge in [-0.25, -0.2) is 4.79 Å². The van der Waals surface area contributed by atoms with Crippen LogP contribution in [0, 0.1) is 12.8 Å². The van der Waals surface area contributed by atoms with E-state index >= 15 is 0 Å². The number of pyridine rings is 1. The number of rotatable bonds is 7. The van der Waals surface area contributed by atoms with Crippen molar-refractivity contribution in [3.8, 4) is 0 Å². The number of thiophene rings is 1. The Hall–Kier alpha value is -3.95. The summed E-state index contributed by atoms with van der Waals surface area (Å²) >= 11 is 8.01. The van der Waals surface area contributed by atoms with E-state index in [1.807, 2.05) is 30.5 Å². The molecule has 8 nitrogen and oxygen atoms in total. The summed E-state index contributed by atoms with van der Waals surface area (Å²) in [4.78, 5) is 48.6. The van der Waals surface area contributed by atoms with E-state index in [1.165, 1.54) is 11.3 Å². The Labute approximate surface area is 247 Å². The third kappa shape index (κ3) is 5.04. The number of hydrogen-bond donors (Lipinski definition) is 1. The lowest BCUT2D eigenvalue weighted by molar-refractivity contribution is -0.152. The number of ketones is 1. The highest BCUT2D eigenvalue weighted by molar-refractivity contribution is 7.10. The quantitative estimate of drug-likeness (QED) is 0.278. The van der Waals surface area contributed by atoms with Gasteiger partial charge in [-0.2, -0.15) is 0 Å². The highest BCUT2D eigenvalue weighted by Gasteiger charge is 2.51. The molecule has 0 fully saturated rings. The molecule has 2 aliphatic rings. The number of hydrogen-bond acceptors (Lipinski definition) is 9. The first-order valence-corrected chi connectivity index (χ1v) is 14.6. The summed E-state index contributed by atoms with van der Waals surface area (Å²) < 4.78 is 10.9. The molecule has 3 atom stereocenters. The summed E-state index contributed by atoms with van der Waals surface area (Å²) in [6, 6.07) is 12.7. The summed E-state index contributed by atoms with van der Waals surface area (Å²) in [5.74, 6) is -4.04. The molecule has 2 aromatic heterocycles. The van der Waals surface area contributed by atoms with Gasteiger partial charge in [0.15, 0.2) is 5.78 Å². The van der Waals surface area contributed by atoms with Crippen LogP contribution in [0.1, 0.15) is 48.1 Å². The normalized spacial score (nSPS) is 20.6. The van der Waals surface area contributed by atoms with Gasteiger partial charge in [0.05, 0.1) is 30.4 Å². The van der Waals surface area contributed by atoms with Crippen molar-refractivity contribution < 1.29 is 23.9 Å². The van der Waals surface area contributed by atoms with E-state index < -0.39 is 35.5 Å². The van der Waals surface area contributed by atoms with Crippen LogP contribution < -0.4 is 10.6 Å². The van der Waals surface area contributed by atoms with Crippen molar-refractivity contribution in [2.45, 2.75) is 39.0 Å². The molecule has 0 radical (unpaired) electrons. The topological polar surface area (TPSA) is 112 Å². The van der Waals surface area contributed by atoms with Crippen LogP contribution in [0.2, 0.25) is 5.02 Å². The first-order chi connectivity index (χ1) is 19.8. The molecule has 0 saturated carbocycles. The SMILES string of the molecule is CCOC(=O)C1=C(N)N(c2cccc(Cl)c2C)C2=C(C(=O)[C@@H](C(=O)OCC)[C@H](c3cccs3)C2)[C@@H]1c1cccnc1. The molecule has 41 heavy (non-hydrogen) atoms.